The van der Waals surface area contributed by atoms with E-state index >= 15 is 0 Å². The van der Waals surface area contributed by atoms with Gasteiger partial charge in [-0.15, -0.1) is 0 Å². The van der Waals surface area contributed by atoms with Gasteiger partial charge in [0.1, 0.15) is 30.3 Å². The molecule has 0 unspecified atom stereocenters. The Bertz CT molecular complexity index is 1390. The van der Waals surface area contributed by atoms with E-state index in [0.29, 0.717) is 11.3 Å². The second kappa shape index (κ2) is 7.61. The Balaban J connectivity index is 1.33. The van der Waals surface area contributed by atoms with Crippen LogP contribution < -0.4 is 15.2 Å². The van der Waals surface area contributed by atoms with Crippen molar-refractivity contribution in [2.45, 2.75) is 26.0 Å². The van der Waals surface area contributed by atoms with Gasteiger partial charge >= 0.3 is 0 Å². The number of aliphatic hydroxyl groups is 1. The topological polar surface area (TPSA) is 137 Å². The van der Waals surface area contributed by atoms with Crippen molar-refractivity contribution in [3.8, 4) is 5.88 Å². The highest BCUT2D eigenvalue weighted by molar-refractivity contribution is 5.96. The zero-order valence-electron chi connectivity index (χ0n) is 17.3. The molecule has 32 heavy (non-hydrogen) atoms. The van der Waals surface area contributed by atoms with Crippen LogP contribution in [0.2, 0.25) is 0 Å². The average molecular weight is 437 g/mol. The number of aliphatic hydroxyl groups excluding tert-OH is 1. The zero-order valence-corrected chi connectivity index (χ0v) is 17.3. The van der Waals surface area contributed by atoms with Gasteiger partial charge in [-0.25, -0.2) is 4.98 Å². The first-order valence-electron chi connectivity index (χ1n) is 9.87. The fraction of sp³-hybridized carbons (Fsp3) is 0.286. The molecular weight excluding hydrogens is 418 g/mol. The molecule has 11 heteroatoms. The third-order valence-electron chi connectivity index (χ3n) is 5.23. The maximum atomic E-state index is 12.8. The van der Waals surface area contributed by atoms with Gasteiger partial charge in [-0.2, -0.15) is 4.98 Å². The summed E-state index contributed by atoms with van der Waals surface area (Å²) in [5.41, 5.74) is 1.36. The number of rotatable bonds is 5. The van der Waals surface area contributed by atoms with Crippen molar-refractivity contribution in [3.63, 3.8) is 0 Å². The molecule has 164 valence electrons. The van der Waals surface area contributed by atoms with Crippen LogP contribution in [0.15, 0.2) is 44.3 Å². The Morgan fingerprint density at radius 1 is 1.25 bits per heavy atom. The molecule has 4 aromatic rings. The van der Waals surface area contributed by atoms with Crippen molar-refractivity contribution in [1.29, 1.82) is 0 Å². The Hall–Kier alpha value is -3.99. The van der Waals surface area contributed by atoms with Crippen molar-refractivity contribution in [2.24, 2.45) is 0 Å². The number of amides is 1. The number of furan rings is 1. The van der Waals surface area contributed by atoms with Crippen molar-refractivity contribution in [1.82, 2.24) is 19.7 Å². The molecule has 0 radical (unpaired) electrons. The first kappa shape index (κ1) is 19.9. The fourth-order valence-electron chi connectivity index (χ4n) is 3.52. The standard InChI is InChI=1S/C21H19N5O6/c1-11-3-4-14-12(5-11)6-15(31-14)13(27)7-16-23-17(32-24-16)8-26-10-22-20-19(21(26)29)25(2)18(28)9-30-20/h3-6,10,13,27H,7-9H2,1-2H3/t13-/m0/s1. The van der Waals surface area contributed by atoms with E-state index in [-0.39, 0.29) is 48.8 Å². The van der Waals surface area contributed by atoms with Gasteiger partial charge in [0.05, 0.1) is 0 Å². The molecule has 1 aliphatic heterocycles. The second-order valence-corrected chi connectivity index (χ2v) is 7.59. The summed E-state index contributed by atoms with van der Waals surface area (Å²) in [4.78, 5) is 34.1. The molecule has 0 saturated heterocycles. The molecule has 11 nitrogen and oxygen atoms in total. The van der Waals surface area contributed by atoms with Crippen molar-refractivity contribution in [2.75, 3.05) is 18.6 Å². The van der Waals surface area contributed by atoms with Crippen LogP contribution in [-0.2, 0) is 17.8 Å². The molecule has 1 amide bonds. The summed E-state index contributed by atoms with van der Waals surface area (Å²) in [5, 5.41) is 15.3. The summed E-state index contributed by atoms with van der Waals surface area (Å²) < 4.78 is 17.4. The molecule has 4 heterocycles. The van der Waals surface area contributed by atoms with Gasteiger partial charge in [-0.3, -0.25) is 14.2 Å². The molecule has 0 spiro atoms. The average Bonchev–Trinajstić information content (AvgIpc) is 3.39. The van der Waals surface area contributed by atoms with Gasteiger partial charge in [0.25, 0.3) is 11.5 Å². The van der Waals surface area contributed by atoms with Crippen LogP contribution in [-0.4, -0.2) is 44.4 Å². The van der Waals surface area contributed by atoms with E-state index in [4.69, 9.17) is 13.7 Å². The van der Waals surface area contributed by atoms with Gasteiger partial charge in [0, 0.05) is 18.9 Å². The van der Waals surface area contributed by atoms with Crippen LogP contribution in [0.5, 0.6) is 5.88 Å². The lowest BCUT2D eigenvalue weighted by atomic mass is 10.1. The number of anilines is 1. The summed E-state index contributed by atoms with van der Waals surface area (Å²) >= 11 is 0. The molecule has 1 aromatic carbocycles. The molecule has 0 aliphatic carbocycles. The minimum Gasteiger partial charge on any atom is -0.466 e. The normalized spacial score (nSPS) is 14.5. The van der Waals surface area contributed by atoms with Crippen LogP contribution in [0, 0.1) is 6.92 Å². The van der Waals surface area contributed by atoms with Crippen LogP contribution >= 0.6 is 0 Å². The third-order valence-corrected chi connectivity index (χ3v) is 5.23. The number of hydrogen-bond acceptors (Lipinski definition) is 9. The number of ether oxygens (including phenoxy) is 1. The predicted octanol–water partition coefficient (Wildman–Crippen LogP) is 1.36. The molecule has 1 N–H and O–H groups in total. The highest BCUT2D eigenvalue weighted by atomic mass is 16.5. The van der Waals surface area contributed by atoms with Gasteiger partial charge < -0.3 is 23.7 Å². The molecule has 1 atom stereocenters. The number of nitrogens with zero attached hydrogens (tertiary/aromatic N) is 5. The minimum atomic E-state index is -0.960. The minimum absolute atomic E-state index is 0.0475. The lowest BCUT2D eigenvalue weighted by molar-refractivity contribution is -0.121. The molecule has 0 bridgehead atoms. The van der Waals surface area contributed by atoms with Crippen LogP contribution in [0.3, 0.4) is 0 Å². The van der Waals surface area contributed by atoms with Crippen LogP contribution in [0.25, 0.3) is 11.0 Å². The van der Waals surface area contributed by atoms with E-state index in [1.807, 2.05) is 25.1 Å². The SMILES string of the molecule is Cc1ccc2oc([C@@H](O)Cc3noc(Cn4cnc5c(c4=O)N(C)C(=O)CO5)n3)cc2c1. The maximum Gasteiger partial charge on any atom is 0.281 e. The Morgan fingerprint density at radius 3 is 2.94 bits per heavy atom. The van der Waals surface area contributed by atoms with Crippen molar-refractivity contribution < 1.29 is 23.6 Å². The lowest BCUT2D eigenvalue weighted by Crippen LogP contribution is -2.41. The fourth-order valence-corrected chi connectivity index (χ4v) is 3.52. The Labute approximate surface area is 180 Å². The first-order valence-corrected chi connectivity index (χ1v) is 9.87. The van der Waals surface area contributed by atoms with E-state index < -0.39 is 11.7 Å². The molecule has 5 rings (SSSR count). The highest BCUT2D eigenvalue weighted by Gasteiger charge is 2.28. The number of carbonyl (C=O) groups excluding carboxylic acids is 1. The van der Waals surface area contributed by atoms with Gasteiger partial charge in [-0.05, 0) is 25.1 Å². The third kappa shape index (κ3) is 3.52. The van der Waals surface area contributed by atoms with E-state index in [2.05, 4.69) is 15.1 Å². The summed E-state index contributed by atoms with van der Waals surface area (Å²) in [5.74, 6) is 0.577. The van der Waals surface area contributed by atoms with Crippen molar-refractivity contribution >= 4 is 22.6 Å². The summed E-state index contributed by atoms with van der Waals surface area (Å²) in [6.07, 6.45) is 0.406. The molecule has 0 fully saturated rings. The lowest BCUT2D eigenvalue weighted by Gasteiger charge is -2.24. The largest absolute Gasteiger partial charge is 0.466 e. The quantitative estimate of drug-likeness (QED) is 0.490. The Kier molecular flexibility index (Phi) is 4.74. The predicted molar refractivity (Wildman–Crippen MR) is 110 cm³/mol. The van der Waals surface area contributed by atoms with Gasteiger partial charge in [-0.1, -0.05) is 16.8 Å². The molecular formula is C21H19N5O6. The highest BCUT2D eigenvalue weighted by Crippen LogP contribution is 2.27. The number of carbonyl (C=O) groups is 1. The van der Waals surface area contributed by atoms with Gasteiger partial charge in [0.2, 0.25) is 11.8 Å². The van der Waals surface area contributed by atoms with E-state index in [9.17, 15) is 14.7 Å². The number of hydrogen-bond donors (Lipinski definition) is 1. The first-order chi connectivity index (χ1) is 15.4. The van der Waals surface area contributed by atoms with E-state index in [1.165, 1.54) is 22.8 Å². The monoisotopic (exact) mass is 437 g/mol. The summed E-state index contributed by atoms with van der Waals surface area (Å²) in [7, 11) is 1.49. The molecule has 0 saturated carbocycles. The summed E-state index contributed by atoms with van der Waals surface area (Å²) in [6.45, 7) is 1.77. The number of aryl methyl sites for hydroxylation is 1. The number of likely N-dealkylation sites (N-methyl/N-ethyl adjacent to an activating group) is 1. The zero-order chi connectivity index (χ0) is 22.4. The van der Waals surface area contributed by atoms with Crippen LogP contribution in [0.1, 0.15) is 29.1 Å². The van der Waals surface area contributed by atoms with Gasteiger partial charge in [0.15, 0.2) is 18.1 Å². The number of fused-ring (bicyclic) bond motifs is 2. The summed E-state index contributed by atoms with van der Waals surface area (Å²) in [6, 6.07) is 7.55. The number of aromatic nitrogens is 4. The smallest absolute Gasteiger partial charge is 0.281 e. The van der Waals surface area contributed by atoms with E-state index in [0.717, 1.165) is 10.9 Å². The molecule has 1 aliphatic rings. The number of benzene rings is 1. The van der Waals surface area contributed by atoms with E-state index in [1.54, 1.807) is 6.07 Å². The molecule has 3 aromatic heterocycles. The van der Waals surface area contributed by atoms with Crippen molar-refractivity contribution in [3.05, 3.63) is 64.0 Å². The second-order valence-electron chi connectivity index (χ2n) is 7.59. The van der Waals surface area contributed by atoms with Crippen LogP contribution in [0.4, 0.5) is 5.69 Å². The Morgan fingerprint density at radius 2 is 2.09 bits per heavy atom. The maximum absolute atomic E-state index is 12.8.